The van der Waals surface area contributed by atoms with E-state index in [-0.39, 0.29) is 29.7 Å². The molecule has 152 valence electrons. The average molecular weight is 442 g/mol. The van der Waals surface area contributed by atoms with Crippen LogP contribution >= 0.6 is 22.9 Å². The number of aliphatic hydroxyl groups is 1. The molecule has 0 unspecified atom stereocenters. The number of hydrogen-bond acceptors (Lipinski definition) is 8. The van der Waals surface area contributed by atoms with Crippen molar-refractivity contribution in [2.45, 2.75) is 19.6 Å². The SMILES string of the molecule is C[C@@H]1CNc2c(sc3ccc4nc(Oc5cc(CO)nc(Cl)n5)ccc4c23)C(=O)N1. The van der Waals surface area contributed by atoms with E-state index in [2.05, 4.69) is 25.6 Å². The van der Waals surface area contributed by atoms with Crippen LogP contribution in [-0.2, 0) is 6.61 Å². The number of anilines is 1. The molecule has 0 bridgehead atoms. The standard InChI is InChI=1S/C20H16ClN5O3S/c1-9-7-22-17-16-11-2-5-14(29-15-6-10(8-27)24-20(21)26-15)25-12(11)3-4-13(16)30-18(17)19(28)23-9/h2-6,9,22,27H,7-8H2,1H3,(H,23,28)/t9-/m1/s1. The number of amides is 1. The van der Waals surface area contributed by atoms with Gasteiger partial charge in [-0.3, -0.25) is 4.79 Å². The second-order valence-corrected chi connectivity index (χ2v) is 8.33. The molecule has 0 aliphatic carbocycles. The van der Waals surface area contributed by atoms with Crippen LogP contribution in [0.3, 0.4) is 0 Å². The summed E-state index contributed by atoms with van der Waals surface area (Å²) in [6, 6.07) is 9.05. The number of aromatic nitrogens is 3. The zero-order valence-corrected chi connectivity index (χ0v) is 17.3. The van der Waals surface area contributed by atoms with Gasteiger partial charge in [0.25, 0.3) is 5.91 Å². The van der Waals surface area contributed by atoms with Crippen LogP contribution in [0.5, 0.6) is 11.8 Å². The van der Waals surface area contributed by atoms with Crippen LogP contribution in [0, 0.1) is 0 Å². The van der Waals surface area contributed by atoms with Crippen LogP contribution in [0.15, 0.2) is 30.3 Å². The van der Waals surface area contributed by atoms with Crippen LogP contribution in [-0.4, -0.2) is 38.6 Å². The maximum atomic E-state index is 12.5. The minimum absolute atomic E-state index is 0.0152. The van der Waals surface area contributed by atoms with Crippen molar-refractivity contribution in [3.8, 4) is 11.8 Å². The fourth-order valence-corrected chi connectivity index (χ4v) is 4.74. The first-order chi connectivity index (χ1) is 14.5. The Labute approximate surface area is 179 Å². The van der Waals surface area contributed by atoms with Crippen molar-refractivity contribution < 1.29 is 14.6 Å². The zero-order valence-electron chi connectivity index (χ0n) is 15.8. The number of pyridine rings is 1. The summed E-state index contributed by atoms with van der Waals surface area (Å²) >= 11 is 7.34. The lowest BCUT2D eigenvalue weighted by molar-refractivity contribution is 0.0949. The molecule has 0 spiro atoms. The number of hydrogen-bond donors (Lipinski definition) is 3. The molecule has 3 aromatic heterocycles. The highest BCUT2D eigenvalue weighted by Gasteiger charge is 2.24. The van der Waals surface area contributed by atoms with Gasteiger partial charge in [0.05, 0.1) is 23.5 Å². The quantitative estimate of drug-likeness (QED) is 0.415. The molecule has 1 atom stereocenters. The van der Waals surface area contributed by atoms with Crippen LogP contribution in [0.4, 0.5) is 5.69 Å². The highest BCUT2D eigenvalue weighted by molar-refractivity contribution is 7.21. The lowest BCUT2D eigenvalue weighted by Crippen LogP contribution is -2.34. The Morgan fingerprint density at radius 2 is 2.10 bits per heavy atom. The number of nitrogens with one attached hydrogen (secondary N) is 2. The number of rotatable bonds is 3. The highest BCUT2D eigenvalue weighted by atomic mass is 35.5. The van der Waals surface area contributed by atoms with Crippen molar-refractivity contribution >= 4 is 55.5 Å². The number of halogens is 1. The summed E-state index contributed by atoms with van der Waals surface area (Å²) in [6.07, 6.45) is 0. The van der Waals surface area contributed by atoms with Crippen molar-refractivity contribution in [2.24, 2.45) is 0 Å². The molecule has 1 amide bonds. The molecule has 30 heavy (non-hydrogen) atoms. The number of fused-ring (bicyclic) bond motifs is 5. The van der Waals surface area contributed by atoms with E-state index in [1.165, 1.54) is 17.4 Å². The maximum Gasteiger partial charge on any atom is 0.263 e. The number of ether oxygens (including phenoxy) is 1. The Balaban J connectivity index is 1.58. The summed E-state index contributed by atoms with van der Waals surface area (Å²) in [4.78, 5) is 25.7. The molecule has 0 radical (unpaired) electrons. The smallest absolute Gasteiger partial charge is 0.263 e. The van der Waals surface area contributed by atoms with Crippen molar-refractivity contribution in [1.29, 1.82) is 0 Å². The maximum absolute atomic E-state index is 12.5. The molecule has 5 rings (SSSR count). The molecular weight excluding hydrogens is 426 g/mol. The van der Waals surface area contributed by atoms with E-state index in [0.29, 0.717) is 23.0 Å². The lowest BCUT2D eigenvalue weighted by Gasteiger charge is -2.10. The molecule has 4 heterocycles. The molecule has 3 N–H and O–H groups in total. The summed E-state index contributed by atoms with van der Waals surface area (Å²) < 4.78 is 6.74. The molecule has 1 aliphatic heterocycles. The largest absolute Gasteiger partial charge is 0.421 e. The van der Waals surface area contributed by atoms with Gasteiger partial charge in [-0.2, -0.15) is 4.98 Å². The first-order valence-corrected chi connectivity index (χ1v) is 10.4. The van der Waals surface area contributed by atoms with Gasteiger partial charge in [-0.15, -0.1) is 11.3 Å². The molecule has 4 aromatic rings. The Morgan fingerprint density at radius 1 is 1.23 bits per heavy atom. The third-order valence-electron chi connectivity index (χ3n) is 4.76. The molecule has 10 heteroatoms. The minimum atomic E-state index is -0.274. The predicted molar refractivity (Wildman–Crippen MR) is 116 cm³/mol. The highest BCUT2D eigenvalue weighted by Crippen LogP contribution is 2.41. The van der Waals surface area contributed by atoms with Crippen LogP contribution < -0.4 is 15.4 Å². The van der Waals surface area contributed by atoms with Crippen LogP contribution in [0.25, 0.3) is 21.0 Å². The first kappa shape index (κ1) is 19.0. The molecule has 8 nitrogen and oxygen atoms in total. The van der Waals surface area contributed by atoms with E-state index in [1.54, 1.807) is 6.07 Å². The van der Waals surface area contributed by atoms with Crippen molar-refractivity contribution in [3.63, 3.8) is 0 Å². The third-order valence-corrected chi connectivity index (χ3v) is 6.09. The number of thiophene rings is 1. The van der Waals surface area contributed by atoms with Gasteiger partial charge >= 0.3 is 0 Å². The van der Waals surface area contributed by atoms with Crippen LogP contribution in [0.1, 0.15) is 22.3 Å². The first-order valence-electron chi connectivity index (χ1n) is 9.25. The molecule has 0 saturated carbocycles. The number of benzene rings is 1. The lowest BCUT2D eigenvalue weighted by atomic mass is 10.1. The van der Waals surface area contributed by atoms with E-state index < -0.39 is 0 Å². The fraction of sp³-hybridized carbons (Fsp3) is 0.200. The van der Waals surface area contributed by atoms with Gasteiger partial charge < -0.3 is 20.5 Å². The van der Waals surface area contributed by atoms with E-state index in [9.17, 15) is 9.90 Å². The van der Waals surface area contributed by atoms with Gasteiger partial charge in [0.1, 0.15) is 4.88 Å². The van der Waals surface area contributed by atoms with Crippen molar-refractivity contribution in [2.75, 3.05) is 11.9 Å². The molecule has 0 saturated heterocycles. The van der Waals surface area contributed by atoms with Crippen molar-refractivity contribution in [3.05, 3.63) is 46.2 Å². The van der Waals surface area contributed by atoms with Gasteiger partial charge in [-0.25, -0.2) is 9.97 Å². The number of nitrogens with zero attached hydrogens (tertiary/aromatic N) is 3. The van der Waals surface area contributed by atoms with E-state index in [4.69, 9.17) is 16.3 Å². The van der Waals surface area contributed by atoms with E-state index >= 15 is 0 Å². The zero-order chi connectivity index (χ0) is 20.8. The van der Waals surface area contributed by atoms with Gasteiger partial charge in [0.2, 0.25) is 17.0 Å². The monoisotopic (exact) mass is 441 g/mol. The summed E-state index contributed by atoms with van der Waals surface area (Å²) in [5.74, 6) is 0.468. The van der Waals surface area contributed by atoms with Crippen LogP contribution in [0.2, 0.25) is 5.28 Å². The number of aliphatic hydroxyl groups excluding tert-OH is 1. The predicted octanol–water partition coefficient (Wildman–Crippen LogP) is 3.72. The number of carbonyl (C=O) groups excluding carboxylic acids is 1. The van der Waals surface area contributed by atoms with Gasteiger partial charge in [-0.1, -0.05) is 0 Å². The summed E-state index contributed by atoms with van der Waals surface area (Å²) in [6.45, 7) is 2.34. The van der Waals surface area contributed by atoms with E-state index in [0.717, 1.165) is 26.7 Å². The van der Waals surface area contributed by atoms with Gasteiger partial charge in [0, 0.05) is 40.2 Å². The summed E-state index contributed by atoms with van der Waals surface area (Å²) in [5.41, 5.74) is 1.92. The normalized spacial score (nSPS) is 16.1. The second kappa shape index (κ2) is 7.35. The minimum Gasteiger partial charge on any atom is -0.421 e. The second-order valence-electron chi connectivity index (χ2n) is 6.94. The molecule has 1 aliphatic rings. The average Bonchev–Trinajstić information content (AvgIpc) is 3.04. The molecule has 0 fully saturated rings. The number of carbonyl (C=O) groups is 1. The fourth-order valence-electron chi connectivity index (χ4n) is 3.45. The Hall–Kier alpha value is -3.01. The molecular formula is C20H16ClN5O3S. The Morgan fingerprint density at radius 3 is 2.93 bits per heavy atom. The Bertz CT molecular complexity index is 1310. The van der Waals surface area contributed by atoms with Gasteiger partial charge in [0.15, 0.2) is 0 Å². The third kappa shape index (κ3) is 3.30. The summed E-state index contributed by atoms with van der Waals surface area (Å²) in [5, 5.41) is 17.5. The van der Waals surface area contributed by atoms with Crippen molar-refractivity contribution in [1.82, 2.24) is 20.3 Å². The van der Waals surface area contributed by atoms with E-state index in [1.807, 2.05) is 25.1 Å². The topological polar surface area (TPSA) is 109 Å². The Kier molecular flexibility index (Phi) is 4.65. The molecule has 1 aromatic carbocycles. The van der Waals surface area contributed by atoms with Gasteiger partial charge in [-0.05, 0) is 36.7 Å². The summed E-state index contributed by atoms with van der Waals surface area (Å²) in [7, 11) is 0.